The Kier molecular flexibility index (Phi) is 5.67. The molecule has 1 aromatic rings. The van der Waals surface area contributed by atoms with Crippen molar-refractivity contribution in [1.29, 1.82) is 0 Å². The number of hydrogen-bond donors (Lipinski definition) is 1. The first-order chi connectivity index (χ1) is 9.28. The molecule has 0 aromatic heterocycles. The SMILES string of the molecule is O=C(CCCCl)Nc1ccc(CN2CCCC2)cc1. The van der Waals surface area contributed by atoms with E-state index in [1.807, 2.05) is 12.1 Å². The molecule has 0 bridgehead atoms. The van der Waals surface area contributed by atoms with Crippen LogP contribution >= 0.6 is 11.6 Å². The van der Waals surface area contributed by atoms with Crippen molar-refractivity contribution in [3.63, 3.8) is 0 Å². The van der Waals surface area contributed by atoms with Gasteiger partial charge >= 0.3 is 0 Å². The average Bonchev–Trinajstić information content (AvgIpc) is 2.91. The van der Waals surface area contributed by atoms with Crippen LogP contribution in [-0.2, 0) is 11.3 Å². The highest BCUT2D eigenvalue weighted by Gasteiger charge is 2.11. The molecule has 1 aliphatic rings. The second kappa shape index (κ2) is 7.51. The Morgan fingerprint density at radius 3 is 2.53 bits per heavy atom. The van der Waals surface area contributed by atoms with Gasteiger partial charge in [0.05, 0.1) is 0 Å². The number of halogens is 1. The zero-order valence-corrected chi connectivity index (χ0v) is 12.0. The Morgan fingerprint density at radius 2 is 1.89 bits per heavy atom. The van der Waals surface area contributed by atoms with Gasteiger partial charge in [0.25, 0.3) is 0 Å². The second-order valence-corrected chi connectivity index (χ2v) is 5.40. The van der Waals surface area contributed by atoms with Gasteiger partial charge in [-0.15, -0.1) is 11.6 Å². The topological polar surface area (TPSA) is 32.3 Å². The maximum absolute atomic E-state index is 11.6. The maximum atomic E-state index is 11.6. The van der Waals surface area contributed by atoms with E-state index in [9.17, 15) is 4.79 Å². The zero-order valence-electron chi connectivity index (χ0n) is 11.2. The predicted octanol–water partition coefficient (Wildman–Crippen LogP) is 3.24. The smallest absolute Gasteiger partial charge is 0.224 e. The number of benzene rings is 1. The quantitative estimate of drug-likeness (QED) is 0.812. The molecule has 104 valence electrons. The summed E-state index contributed by atoms with van der Waals surface area (Å²) in [6.45, 7) is 3.42. The van der Waals surface area contributed by atoms with Crippen LogP contribution in [0, 0.1) is 0 Å². The summed E-state index contributed by atoms with van der Waals surface area (Å²) in [7, 11) is 0. The first-order valence-electron chi connectivity index (χ1n) is 6.95. The lowest BCUT2D eigenvalue weighted by atomic mass is 10.2. The van der Waals surface area contributed by atoms with Crippen LogP contribution in [0.5, 0.6) is 0 Å². The third-order valence-corrected chi connectivity index (χ3v) is 3.65. The summed E-state index contributed by atoms with van der Waals surface area (Å²) >= 11 is 5.57. The Bertz CT molecular complexity index is 399. The van der Waals surface area contributed by atoms with Crippen molar-refractivity contribution in [3.8, 4) is 0 Å². The molecule has 0 spiro atoms. The minimum atomic E-state index is 0.0351. The number of likely N-dealkylation sites (tertiary alicyclic amines) is 1. The lowest BCUT2D eigenvalue weighted by Crippen LogP contribution is -2.18. The number of carbonyl (C=O) groups is 1. The van der Waals surface area contributed by atoms with Crippen molar-refractivity contribution in [2.45, 2.75) is 32.2 Å². The van der Waals surface area contributed by atoms with Crippen molar-refractivity contribution in [1.82, 2.24) is 4.90 Å². The molecular formula is C15H21ClN2O. The van der Waals surface area contributed by atoms with Crippen LogP contribution in [0.1, 0.15) is 31.2 Å². The van der Waals surface area contributed by atoms with Gasteiger partial charge in [-0.1, -0.05) is 12.1 Å². The molecule has 0 atom stereocenters. The molecule has 0 unspecified atom stereocenters. The Balaban J connectivity index is 1.82. The molecule has 1 aliphatic heterocycles. The summed E-state index contributed by atoms with van der Waals surface area (Å²) in [4.78, 5) is 14.0. The van der Waals surface area contributed by atoms with E-state index in [2.05, 4.69) is 22.3 Å². The lowest BCUT2D eigenvalue weighted by Gasteiger charge is -2.14. The van der Waals surface area contributed by atoms with Crippen molar-refractivity contribution in [2.24, 2.45) is 0 Å². The van der Waals surface area contributed by atoms with Gasteiger partial charge in [0, 0.05) is 24.5 Å². The van der Waals surface area contributed by atoms with Gasteiger partial charge in [0.2, 0.25) is 5.91 Å². The van der Waals surface area contributed by atoms with Crippen LogP contribution in [0.3, 0.4) is 0 Å². The lowest BCUT2D eigenvalue weighted by molar-refractivity contribution is -0.116. The van der Waals surface area contributed by atoms with Gasteiger partial charge in [0.15, 0.2) is 0 Å². The molecule has 1 amide bonds. The van der Waals surface area contributed by atoms with Gasteiger partial charge in [-0.25, -0.2) is 0 Å². The summed E-state index contributed by atoms with van der Waals surface area (Å²) in [6, 6.07) is 8.14. The summed E-state index contributed by atoms with van der Waals surface area (Å²) in [5.41, 5.74) is 2.17. The highest BCUT2D eigenvalue weighted by Crippen LogP contribution is 2.15. The van der Waals surface area contributed by atoms with Crippen molar-refractivity contribution >= 4 is 23.2 Å². The molecule has 1 heterocycles. The standard InChI is InChI=1S/C15H21ClN2O/c16-9-3-4-15(19)17-14-7-5-13(6-8-14)12-18-10-1-2-11-18/h5-8H,1-4,9-12H2,(H,17,19). The Morgan fingerprint density at radius 1 is 1.21 bits per heavy atom. The first-order valence-corrected chi connectivity index (χ1v) is 7.48. The molecule has 0 saturated carbocycles. The van der Waals surface area contributed by atoms with Gasteiger partial charge < -0.3 is 5.32 Å². The van der Waals surface area contributed by atoms with Crippen LogP contribution in [0.15, 0.2) is 24.3 Å². The summed E-state index contributed by atoms with van der Waals surface area (Å²) < 4.78 is 0. The second-order valence-electron chi connectivity index (χ2n) is 5.02. The van der Waals surface area contributed by atoms with Crippen LogP contribution in [0.4, 0.5) is 5.69 Å². The number of hydrogen-bond acceptors (Lipinski definition) is 2. The largest absolute Gasteiger partial charge is 0.326 e. The van der Waals surface area contributed by atoms with Gasteiger partial charge in [-0.05, 0) is 50.0 Å². The summed E-state index contributed by atoms with van der Waals surface area (Å²) in [6.07, 6.45) is 3.84. The fraction of sp³-hybridized carbons (Fsp3) is 0.533. The molecule has 1 fully saturated rings. The minimum absolute atomic E-state index is 0.0351. The summed E-state index contributed by atoms with van der Waals surface area (Å²) in [5.74, 6) is 0.565. The van der Waals surface area contributed by atoms with Crippen LogP contribution in [0.2, 0.25) is 0 Å². The van der Waals surface area contributed by atoms with Crippen molar-refractivity contribution in [2.75, 3.05) is 24.3 Å². The highest BCUT2D eigenvalue weighted by atomic mass is 35.5. The third kappa shape index (κ3) is 4.84. The molecule has 4 heteroatoms. The third-order valence-electron chi connectivity index (χ3n) is 3.38. The number of alkyl halides is 1. The average molecular weight is 281 g/mol. The molecule has 19 heavy (non-hydrogen) atoms. The van der Waals surface area contributed by atoms with Gasteiger partial charge in [0.1, 0.15) is 0 Å². The van der Waals surface area contributed by atoms with E-state index in [1.165, 1.54) is 31.5 Å². The Labute approximate surface area is 119 Å². The van der Waals surface area contributed by atoms with E-state index in [0.717, 1.165) is 18.7 Å². The zero-order chi connectivity index (χ0) is 13.5. The Hall–Kier alpha value is -1.06. The number of anilines is 1. The first kappa shape index (κ1) is 14.4. The van der Waals surface area contributed by atoms with E-state index >= 15 is 0 Å². The van der Waals surface area contributed by atoms with E-state index in [-0.39, 0.29) is 5.91 Å². The minimum Gasteiger partial charge on any atom is -0.326 e. The molecule has 0 radical (unpaired) electrons. The number of amides is 1. The van der Waals surface area contributed by atoms with Crippen LogP contribution < -0.4 is 5.32 Å². The monoisotopic (exact) mass is 280 g/mol. The van der Waals surface area contributed by atoms with Gasteiger partial charge in [-0.2, -0.15) is 0 Å². The maximum Gasteiger partial charge on any atom is 0.224 e. The normalized spacial score (nSPS) is 15.6. The summed E-state index contributed by atoms with van der Waals surface area (Å²) in [5, 5.41) is 2.89. The van der Waals surface area contributed by atoms with E-state index in [4.69, 9.17) is 11.6 Å². The molecule has 1 saturated heterocycles. The number of carbonyl (C=O) groups excluding carboxylic acids is 1. The van der Waals surface area contributed by atoms with Crippen molar-refractivity contribution in [3.05, 3.63) is 29.8 Å². The van der Waals surface area contributed by atoms with Crippen LogP contribution in [-0.4, -0.2) is 29.8 Å². The molecule has 0 aliphatic carbocycles. The van der Waals surface area contributed by atoms with E-state index in [0.29, 0.717) is 12.3 Å². The molecular weight excluding hydrogens is 260 g/mol. The number of nitrogens with zero attached hydrogens (tertiary/aromatic N) is 1. The molecule has 3 nitrogen and oxygen atoms in total. The fourth-order valence-corrected chi connectivity index (χ4v) is 2.48. The predicted molar refractivity (Wildman–Crippen MR) is 79.5 cm³/mol. The molecule has 1 aromatic carbocycles. The van der Waals surface area contributed by atoms with Gasteiger partial charge in [-0.3, -0.25) is 9.69 Å². The highest BCUT2D eigenvalue weighted by molar-refractivity contribution is 6.18. The van der Waals surface area contributed by atoms with E-state index in [1.54, 1.807) is 0 Å². The van der Waals surface area contributed by atoms with E-state index < -0.39 is 0 Å². The molecule has 1 N–H and O–H groups in total. The number of rotatable bonds is 6. The van der Waals surface area contributed by atoms with Crippen molar-refractivity contribution < 1.29 is 4.79 Å². The molecule has 2 rings (SSSR count). The van der Waals surface area contributed by atoms with Crippen LogP contribution in [0.25, 0.3) is 0 Å². The number of nitrogens with one attached hydrogen (secondary N) is 1. The fourth-order valence-electron chi connectivity index (χ4n) is 2.34.